The first kappa shape index (κ1) is 10.2. The first-order chi connectivity index (χ1) is 7.13. The molecule has 0 aliphatic carbocycles. The van der Waals surface area contributed by atoms with Crippen molar-refractivity contribution in [1.29, 1.82) is 0 Å². The van der Waals surface area contributed by atoms with Crippen LogP contribution in [-0.2, 0) is 0 Å². The van der Waals surface area contributed by atoms with E-state index in [1.165, 1.54) is 12.3 Å². The van der Waals surface area contributed by atoms with Gasteiger partial charge in [-0.1, -0.05) is 0 Å². The van der Waals surface area contributed by atoms with Gasteiger partial charge in [-0.15, -0.1) is 0 Å². The predicted octanol–water partition coefficient (Wildman–Crippen LogP) is 1.55. The maximum absolute atomic E-state index is 13.4. The molecule has 1 fully saturated rings. The van der Waals surface area contributed by atoms with Gasteiger partial charge in [0.15, 0.2) is 11.6 Å². The summed E-state index contributed by atoms with van der Waals surface area (Å²) in [5.41, 5.74) is -0.482. The van der Waals surface area contributed by atoms with E-state index in [1.54, 1.807) is 0 Å². The molecule has 1 saturated heterocycles. The first-order valence-corrected chi connectivity index (χ1v) is 5.03. The van der Waals surface area contributed by atoms with Gasteiger partial charge in [-0.3, -0.25) is 9.78 Å². The summed E-state index contributed by atoms with van der Waals surface area (Å²) in [7, 11) is 0. The molecule has 0 amide bonds. The molecular weight excluding hydrogens is 195 g/mol. The number of pyridine rings is 1. The van der Waals surface area contributed by atoms with E-state index in [9.17, 15) is 9.18 Å². The minimum Gasteiger partial charge on any atom is -0.305 e. The quantitative estimate of drug-likeness (QED) is 0.750. The highest BCUT2D eigenvalue weighted by molar-refractivity contribution is 6.03. The predicted molar refractivity (Wildman–Crippen MR) is 54.2 cm³/mol. The summed E-state index contributed by atoms with van der Waals surface area (Å²) in [6.07, 6.45) is 4.22. The van der Waals surface area contributed by atoms with Gasteiger partial charge in [0, 0.05) is 6.20 Å². The van der Waals surface area contributed by atoms with Gasteiger partial charge in [0.05, 0.1) is 17.3 Å². The van der Waals surface area contributed by atoms with Crippen LogP contribution in [0.3, 0.4) is 0 Å². The van der Waals surface area contributed by atoms with Crippen LogP contribution in [0.5, 0.6) is 0 Å². The van der Waals surface area contributed by atoms with E-state index >= 15 is 0 Å². The fourth-order valence-corrected chi connectivity index (χ4v) is 1.94. The van der Waals surface area contributed by atoms with Crippen molar-refractivity contribution in [2.24, 2.45) is 0 Å². The maximum atomic E-state index is 13.4. The van der Waals surface area contributed by atoms with Crippen molar-refractivity contribution < 1.29 is 9.18 Å². The molecule has 1 unspecified atom stereocenters. The lowest BCUT2D eigenvalue weighted by Crippen LogP contribution is -2.44. The molecule has 1 aromatic rings. The highest BCUT2D eigenvalue weighted by Gasteiger charge is 2.37. The van der Waals surface area contributed by atoms with E-state index in [-0.39, 0.29) is 11.3 Å². The Bertz CT molecular complexity index is 386. The topological polar surface area (TPSA) is 42.0 Å². The Morgan fingerprint density at radius 2 is 2.47 bits per heavy atom. The standard InChI is InChI=1S/C11H13FN2O/c1-11(4-2-5-14-11)10(15)8-3-6-13-7-9(8)12/h3,6-7,14H,2,4-5H2,1H3. The summed E-state index contributed by atoms with van der Waals surface area (Å²) in [5, 5.41) is 3.12. The number of rotatable bonds is 2. The normalized spacial score (nSPS) is 25.5. The lowest BCUT2D eigenvalue weighted by atomic mass is 9.90. The molecule has 1 N–H and O–H groups in total. The number of hydrogen-bond acceptors (Lipinski definition) is 3. The van der Waals surface area contributed by atoms with Gasteiger partial charge in [-0.2, -0.15) is 0 Å². The van der Waals surface area contributed by atoms with Crippen molar-refractivity contribution in [1.82, 2.24) is 10.3 Å². The van der Waals surface area contributed by atoms with Crippen molar-refractivity contribution >= 4 is 5.78 Å². The number of aromatic nitrogens is 1. The molecule has 0 aromatic carbocycles. The number of nitrogens with zero attached hydrogens (tertiary/aromatic N) is 1. The zero-order valence-electron chi connectivity index (χ0n) is 8.59. The number of Topliss-reactive ketones (excluding diaryl/α,β-unsaturated/α-hetero) is 1. The Balaban J connectivity index is 2.32. The summed E-state index contributed by atoms with van der Waals surface area (Å²) in [6.45, 7) is 2.64. The number of halogens is 1. The largest absolute Gasteiger partial charge is 0.305 e. The lowest BCUT2D eigenvalue weighted by molar-refractivity contribution is 0.0880. The molecule has 2 rings (SSSR count). The second kappa shape index (κ2) is 3.70. The van der Waals surface area contributed by atoms with Gasteiger partial charge < -0.3 is 5.32 Å². The van der Waals surface area contributed by atoms with Gasteiger partial charge in [-0.05, 0) is 32.4 Å². The van der Waals surface area contributed by atoms with Gasteiger partial charge in [0.25, 0.3) is 0 Å². The zero-order valence-corrected chi connectivity index (χ0v) is 8.59. The number of carbonyl (C=O) groups is 1. The Labute approximate surface area is 87.7 Å². The molecule has 15 heavy (non-hydrogen) atoms. The summed E-state index contributed by atoms with van der Waals surface area (Å²) in [6, 6.07) is 1.43. The Morgan fingerprint density at radius 1 is 1.67 bits per heavy atom. The van der Waals surface area contributed by atoms with Gasteiger partial charge in [0.1, 0.15) is 0 Å². The third-order valence-electron chi connectivity index (χ3n) is 2.89. The number of carbonyl (C=O) groups excluding carboxylic acids is 1. The first-order valence-electron chi connectivity index (χ1n) is 5.03. The van der Waals surface area contributed by atoms with Crippen molar-refractivity contribution in [3.8, 4) is 0 Å². The maximum Gasteiger partial charge on any atom is 0.185 e. The second-order valence-electron chi connectivity index (χ2n) is 4.05. The summed E-state index contributed by atoms with van der Waals surface area (Å²) < 4.78 is 13.4. The molecule has 0 bridgehead atoms. The fraction of sp³-hybridized carbons (Fsp3) is 0.455. The minimum atomic E-state index is -0.609. The highest BCUT2D eigenvalue weighted by atomic mass is 19.1. The van der Waals surface area contributed by atoms with Crippen molar-refractivity contribution in [3.63, 3.8) is 0 Å². The van der Waals surface area contributed by atoms with E-state index in [1.807, 2.05) is 6.92 Å². The SMILES string of the molecule is CC1(C(=O)c2ccncc2F)CCCN1. The summed E-state index contributed by atoms with van der Waals surface area (Å²) in [5.74, 6) is -0.725. The molecule has 1 atom stereocenters. The van der Waals surface area contributed by atoms with Gasteiger partial charge in [-0.25, -0.2) is 4.39 Å². The fourth-order valence-electron chi connectivity index (χ4n) is 1.94. The van der Waals surface area contributed by atoms with Crippen LogP contribution in [0.25, 0.3) is 0 Å². The van der Waals surface area contributed by atoms with Crippen LogP contribution in [0.15, 0.2) is 18.5 Å². The molecule has 1 aliphatic rings. The molecule has 0 saturated carbocycles. The average molecular weight is 208 g/mol. The van der Waals surface area contributed by atoms with Gasteiger partial charge in [0.2, 0.25) is 0 Å². The average Bonchev–Trinajstić information content (AvgIpc) is 2.66. The van der Waals surface area contributed by atoms with Crippen LogP contribution in [-0.4, -0.2) is 22.9 Å². The van der Waals surface area contributed by atoms with Crippen LogP contribution < -0.4 is 5.32 Å². The van der Waals surface area contributed by atoms with E-state index in [0.29, 0.717) is 0 Å². The van der Waals surface area contributed by atoms with Crippen LogP contribution >= 0.6 is 0 Å². The molecule has 1 aliphatic heterocycles. The number of hydrogen-bond donors (Lipinski definition) is 1. The third-order valence-corrected chi connectivity index (χ3v) is 2.89. The molecule has 0 spiro atoms. The Hall–Kier alpha value is -1.29. The molecule has 3 nitrogen and oxygen atoms in total. The molecule has 80 valence electrons. The molecular formula is C11H13FN2O. The van der Waals surface area contributed by atoms with Crippen LogP contribution in [0, 0.1) is 5.82 Å². The van der Waals surface area contributed by atoms with Gasteiger partial charge >= 0.3 is 0 Å². The molecule has 4 heteroatoms. The van der Waals surface area contributed by atoms with Crippen molar-refractivity contribution in [2.45, 2.75) is 25.3 Å². The van der Waals surface area contributed by atoms with Crippen molar-refractivity contribution in [2.75, 3.05) is 6.54 Å². The Morgan fingerprint density at radius 3 is 3.07 bits per heavy atom. The minimum absolute atomic E-state index is 0.127. The Kier molecular flexibility index (Phi) is 2.52. The van der Waals surface area contributed by atoms with Crippen LogP contribution in [0.1, 0.15) is 30.1 Å². The highest BCUT2D eigenvalue weighted by Crippen LogP contribution is 2.24. The van der Waals surface area contributed by atoms with Crippen LogP contribution in [0.4, 0.5) is 4.39 Å². The zero-order chi connectivity index (χ0) is 10.9. The lowest BCUT2D eigenvalue weighted by Gasteiger charge is -2.22. The second-order valence-corrected chi connectivity index (χ2v) is 4.05. The summed E-state index contributed by atoms with van der Waals surface area (Å²) >= 11 is 0. The summed E-state index contributed by atoms with van der Waals surface area (Å²) in [4.78, 5) is 15.7. The van der Waals surface area contributed by atoms with Crippen LogP contribution in [0.2, 0.25) is 0 Å². The number of ketones is 1. The molecule has 1 aromatic heterocycles. The molecule has 0 radical (unpaired) electrons. The van der Waals surface area contributed by atoms with E-state index in [2.05, 4.69) is 10.3 Å². The van der Waals surface area contributed by atoms with Crippen molar-refractivity contribution in [3.05, 3.63) is 29.8 Å². The third kappa shape index (κ3) is 1.77. The van der Waals surface area contributed by atoms with E-state index < -0.39 is 11.4 Å². The van der Waals surface area contributed by atoms with E-state index in [4.69, 9.17) is 0 Å². The van der Waals surface area contributed by atoms with E-state index in [0.717, 1.165) is 25.6 Å². The monoisotopic (exact) mass is 208 g/mol. The molecule has 2 heterocycles. The number of nitrogens with one attached hydrogen (secondary N) is 1. The smallest absolute Gasteiger partial charge is 0.185 e.